The van der Waals surface area contributed by atoms with E-state index in [4.69, 9.17) is 4.74 Å². The Hall–Kier alpha value is -2.99. The molecule has 0 aromatic heterocycles. The van der Waals surface area contributed by atoms with E-state index >= 15 is 4.39 Å². The third-order valence-corrected chi connectivity index (χ3v) is 6.69. The van der Waals surface area contributed by atoms with Gasteiger partial charge in [-0.15, -0.1) is 0 Å². The minimum atomic E-state index is -0.893. The smallest absolute Gasteiger partial charge is 0.307 e. The molecule has 0 fully saturated rings. The van der Waals surface area contributed by atoms with Crippen molar-refractivity contribution < 1.29 is 19.0 Å². The van der Waals surface area contributed by atoms with Gasteiger partial charge in [-0.2, -0.15) is 0 Å². The Kier molecular flexibility index (Phi) is 5.67. The summed E-state index contributed by atoms with van der Waals surface area (Å²) < 4.78 is 22.5. The summed E-state index contributed by atoms with van der Waals surface area (Å²) in [5.74, 6) is -0.426. The van der Waals surface area contributed by atoms with Crippen molar-refractivity contribution >= 4 is 23.6 Å². The number of carboxylic acids is 1. The fraction of sp³-hybridized carbons (Fsp3) is 0.240. The van der Waals surface area contributed by atoms with Gasteiger partial charge in [0.15, 0.2) is 0 Å². The minimum absolute atomic E-state index is 0.104. The number of halogens is 1. The minimum Gasteiger partial charge on any atom is -0.497 e. The van der Waals surface area contributed by atoms with Crippen LogP contribution in [0.5, 0.6) is 5.75 Å². The first-order chi connectivity index (χ1) is 14.9. The Bertz CT molecular complexity index is 1170. The van der Waals surface area contributed by atoms with E-state index in [-0.39, 0.29) is 12.2 Å². The first-order valence-corrected chi connectivity index (χ1v) is 11.2. The van der Waals surface area contributed by atoms with Gasteiger partial charge in [-0.1, -0.05) is 36.2 Å². The van der Waals surface area contributed by atoms with Crippen LogP contribution < -0.4 is 9.04 Å². The average molecular weight is 438 g/mol. The molecule has 0 saturated carbocycles. The average Bonchev–Trinajstić information content (AvgIpc) is 2.76. The molecule has 4 nitrogen and oxygen atoms in total. The number of methoxy groups -OCH3 is 1. The highest BCUT2D eigenvalue weighted by atomic mass is 32.2. The van der Waals surface area contributed by atoms with Crippen molar-refractivity contribution in [3.05, 3.63) is 70.5 Å². The molecule has 4 rings (SSSR count). The molecule has 0 amide bonds. The highest BCUT2D eigenvalue weighted by Crippen LogP contribution is 2.50. The molecule has 1 aliphatic rings. The second-order valence-electron chi connectivity index (χ2n) is 7.62. The van der Waals surface area contributed by atoms with Gasteiger partial charge in [-0.05, 0) is 65.4 Å². The zero-order valence-corrected chi connectivity index (χ0v) is 18.8. The number of carbonyl (C=O) groups is 1. The number of fused-ring (bicyclic) bond motifs is 3. The van der Waals surface area contributed by atoms with Crippen molar-refractivity contribution in [2.24, 2.45) is 0 Å². The maximum absolute atomic E-state index is 15.1. The Labute approximate surface area is 185 Å². The van der Waals surface area contributed by atoms with Gasteiger partial charge in [0.05, 0.1) is 25.8 Å². The Morgan fingerprint density at radius 1 is 1.10 bits per heavy atom. The van der Waals surface area contributed by atoms with Crippen LogP contribution in [-0.4, -0.2) is 24.4 Å². The maximum Gasteiger partial charge on any atom is 0.307 e. The van der Waals surface area contributed by atoms with Crippen molar-refractivity contribution in [3.63, 3.8) is 0 Å². The quantitative estimate of drug-likeness (QED) is 0.496. The number of ether oxygens (including phenoxy) is 1. The Morgan fingerprint density at radius 2 is 1.81 bits per heavy atom. The summed E-state index contributed by atoms with van der Waals surface area (Å²) in [5, 5.41) is 9.67. The molecule has 0 spiro atoms. The Morgan fingerprint density at radius 3 is 2.42 bits per heavy atom. The topological polar surface area (TPSA) is 49.8 Å². The van der Waals surface area contributed by atoms with E-state index in [1.807, 2.05) is 50.4 Å². The van der Waals surface area contributed by atoms with Crippen molar-refractivity contribution in [2.45, 2.75) is 26.8 Å². The van der Waals surface area contributed by atoms with E-state index in [1.165, 1.54) is 6.07 Å². The van der Waals surface area contributed by atoms with E-state index < -0.39 is 5.97 Å². The van der Waals surface area contributed by atoms with E-state index in [2.05, 4.69) is 4.31 Å². The van der Waals surface area contributed by atoms with Gasteiger partial charge in [-0.3, -0.25) is 4.79 Å². The molecule has 3 aromatic carbocycles. The molecule has 0 radical (unpaired) electrons. The third-order valence-electron chi connectivity index (χ3n) is 5.94. The van der Waals surface area contributed by atoms with Crippen molar-refractivity contribution in [3.8, 4) is 28.0 Å². The van der Waals surface area contributed by atoms with Gasteiger partial charge in [0.25, 0.3) is 0 Å². The van der Waals surface area contributed by atoms with Gasteiger partial charge >= 0.3 is 5.97 Å². The van der Waals surface area contributed by atoms with Crippen LogP contribution in [0.25, 0.3) is 22.3 Å². The zero-order valence-electron chi connectivity index (χ0n) is 18.0. The number of nitrogens with zero attached hydrogens (tertiary/aromatic N) is 1. The summed E-state index contributed by atoms with van der Waals surface area (Å²) in [6.07, 6.45) is 1.88. The number of hydrogen-bond donors (Lipinski definition) is 1. The number of benzene rings is 3. The molecule has 3 aromatic rings. The molecule has 6 heteroatoms. The van der Waals surface area contributed by atoms with Crippen molar-refractivity contribution in [1.82, 2.24) is 0 Å². The highest BCUT2D eigenvalue weighted by molar-refractivity contribution is 7.99. The van der Waals surface area contributed by atoms with Crippen molar-refractivity contribution in [1.29, 1.82) is 0 Å². The van der Waals surface area contributed by atoms with Gasteiger partial charge in [0, 0.05) is 17.4 Å². The first kappa shape index (κ1) is 21.2. The van der Waals surface area contributed by atoms with Crippen LogP contribution in [-0.2, 0) is 17.8 Å². The summed E-state index contributed by atoms with van der Waals surface area (Å²) >= 11 is 1.56. The molecule has 0 saturated heterocycles. The SMILES string of the molecule is COc1ccc(-c2c(C)c3c(c(C)c2CC(=O)O)N(SC)Cc2cccc(F)c2-3)cc1. The predicted molar refractivity (Wildman–Crippen MR) is 124 cm³/mol. The molecule has 1 heterocycles. The molecular weight excluding hydrogens is 413 g/mol. The summed E-state index contributed by atoms with van der Waals surface area (Å²) in [7, 11) is 1.61. The van der Waals surface area contributed by atoms with Crippen LogP contribution in [0.15, 0.2) is 42.5 Å². The lowest BCUT2D eigenvalue weighted by Gasteiger charge is -2.35. The van der Waals surface area contributed by atoms with Crippen LogP contribution in [0.1, 0.15) is 22.3 Å². The lowest BCUT2D eigenvalue weighted by Crippen LogP contribution is -2.23. The first-order valence-electron chi connectivity index (χ1n) is 9.99. The normalized spacial score (nSPS) is 12.4. The van der Waals surface area contributed by atoms with Crippen molar-refractivity contribution in [2.75, 3.05) is 17.7 Å². The maximum atomic E-state index is 15.1. The molecular formula is C25H24FNO3S. The number of hydrogen-bond acceptors (Lipinski definition) is 4. The monoisotopic (exact) mass is 437 g/mol. The number of aliphatic carboxylic acids is 1. The molecule has 160 valence electrons. The highest BCUT2D eigenvalue weighted by Gasteiger charge is 2.31. The second-order valence-corrected chi connectivity index (χ2v) is 8.43. The zero-order chi connectivity index (χ0) is 22.3. The molecule has 0 unspecified atom stereocenters. The number of anilines is 1. The summed E-state index contributed by atoms with van der Waals surface area (Å²) in [4.78, 5) is 11.8. The largest absolute Gasteiger partial charge is 0.497 e. The van der Waals surface area contributed by atoms with Gasteiger partial charge < -0.3 is 14.1 Å². The van der Waals surface area contributed by atoms with Crippen LogP contribution in [0.3, 0.4) is 0 Å². The van der Waals surface area contributed by atoms with Gasteiger partial charge in [0.2, 0.25) is 0 Å². The lowest BCUT2D eigenvalue weighted by atomic mass is 9.81. The van der Waals surface area contributed by atoms with E-state index in [0.717, 1.165) is 50.4 Å². The summed E-state index contributed by atoms with van der Waals surface area (Å²) in [5.41, 5.74) is 7.52. The molecule has 31 heavy (non-hydrogen) atoms. The van der Waals surface area contributed by atoms with Crippen LogP contribution >= 0.6 is 11.9 Å². The van der Waals surface area contributed by atoms with Crippen LogP contribution in [0.2, 0.25) is 0 Å². The van der Waals surface area contributed by atoms with Crippen LogP contribution in [0, 0.1) is 19.7 Å². The molecule has 1 N–H and O–H groups in total. The molecule has 0 atom stereocenters. The van der Waals surface area contributed by atoms with E-state index in [0.29, 0.717) is 12.1 Å². The second kappa shape index (κ2) is 8.27. The Balaban J connectivity index is 2.11. The van der Waals surface area contributed by atoms with E-state index in [9.17, 15) is 9.90 Å². The summed E-state index contributed by atoms with van der Waals surface area (Å²) in [6, 6.07) is 12.8. The number of rotatable bonds is 5. The third kappa shape index (κ3) is 3.55. The van der Waals surface area contributed by atoms with E-state index in [1.54, 1.807) is 25.1 Å². The lowest BCUT2D eigenvalue weighted by molar-refractivity contribution is -0.136. The fourth-order valence-electron chi connectivity index (χ4n) is 4.56. The number of carboxylic acid groups (broad SMARTS) is 1. The fourth-order valence-corrected chi connectivity index (χ4v) is 5.23. The molecule has 1 aliphatic heterocycles. The van der Waals surface area contributed by atoms with Gasteiger partial charge in [0.1, 0.15) is 11.6 Å². The molecule has 0 aliphatic carbocycles. The molecule has 0 bridgehead atoms. The predicted octanol–water partition coefficient (Wildman–Crippen LogP) is 6.01. The summed E-state index contributed by atoms with van der Waals surface area (Å²) in [6.45, 7) is 4.47. The van der Waals surface area contributed by atoms with Gasteiger partial charge in [-0.25, -0.2) is 4.39 Å². The standard InChI is InChI=1S/C25H24FNO3S/c1-14-19(12-21(28)29)22(16-8-10-18(30-3)11-9-16)15(2)23-24-17(6-5-7-20(24)26)13-27(31-4)25(14)23/h5-11H,12-13H2,1-4H3,(H,28,29). The van der Waals surface area contributed by atoms with Crippen LogP contribution in [0.4, 0.5) is 10.1 Å².